The average molecular weight is 370 g/mol. The highest BCUT2D eigenvalue weighted by atomic mass is 16.5. The summed E-state index contributed by atoms with van der Waals surface area (Å²) < 4.78 is 5.42. The lowest BCUT2D eigenvalue weighted by molar-refractivity contribution is -0.131. The fraction of sp³-hybridized carbons (Fsp3) is 0.524. The number of carbonyl (C=O) groups is 1. The number of ether oxygens (including phenoxy) is 1. The van der Waals surface area contributed by atoms with E-state index < -0.39 is 0 Å². The minimum atomic E-state index is -0.278. The molecule has 6 heteroatoms. The minimum Gasteiger partial charge on any atom is -0.497 e. The van der Waals surface area contributed by atoms with E-state index >= 15 is 0 Å². The molecule has 1 aliphatic heterocycles. The molecule has 1 aromatic heterocycles. The van der Waals surface area contributed by atoms with Crippen LogP contribution in [-0.2, 0) is 4.79 Å². The van der Waals surface area contributed by atoms with Gasteiger partial charge in [0.2, 0.25) is 5.91 Å². The molecule has 2 N–H and O–H groups in total. The molecule has 1 fully saturated rings. The number of rotatable bonds is 7. The Morgan fingerprint density at radius 1 is 1.41 bits per heavy atom. The molecule has 0 bridgehead atoms. The van der Waals surface area contributed by atoms with Gasteiger partial charge in [-0.15, -0.1) is 0 Å². The van der Waals surface area contributed by atoms with Gasteiger partial charge >= 0.3 is 0 Å². The highest BCUT2D eigenvalue weighted by Crippen LogP contribution is 2.28. The van der Waals surface area contributed by atoms with E-state index in [4.69, 9.17) is 4.74 Å². The Bertz CT molecular complexity index is 821. The van der Waals surface area contributed by atoms with Crippen LogP contribution in [0.2, 0.25) is 0 Å². The van der Waals surface area contributed by atoms with E-state index in [-0.39, 0.29) is 23.7 Å². The lowest BCUT2D eigenvalue weighted by Crippen LogP contribution is -2.47. The fourth-order valence-electron chi connectivity index (χ4n) is 3.85. The number of carbonyl (C=O) groups excluding carboxylic acids is 1. The van der Waals surface area contributed by atoms with Gasteiger partial charge < -0.3 is 15.0 Å². The van der Waals surface area contributed by atoms with Crippen LogP contribution in [0.15, 0.2) is 30.5 Å². The summed E-state index contributed by atoms with van der Waals surface area (Å²) in [5.41, 5.74) is 1.64. The summed E-state index contributed by atoms with van der Waals surface area (Å²) >= 11 is 0. The number of hydrogen-bond donors (Lipinski definition) is 2. The van der Waals surface area contributed by atoms with Crippen molar-refractivity contribution in [1.82, 2.24) is 15.2 Å². The lowest BCUT2D eigenvalue weighted by atomic mass is 10.1. The summed E-state index contributed by atoms with van der Waals surface area (Å²) in [6, 6.07) is 8.10. The number of benzene rings is 1. The highest BCUT2D eigenvalue weighted by Gasteiger charge is 2.41. The molecule has 0 saturated carbocycles. The monoisotopic (exact) mass is 370 g/mol. The largest absolute Gasteiger partial charge is 0.497 e. The van der Waals surface area contributed by atoms with Crippen molar-refractivity contribution in [1.29, 1.82) is 0 Å². The third-order valence-corrected chi connectivity index (χ3v) is 5.22. The summed E-state index contributed by atoms with van der Waals surface area (Å²) in [6.45, 7) is 8.96. The zero-order chi connectivity index (χ0) is 19.6. The standard InChI is InChI=1S/C21H30N4O2/c1-14(8-7-11-25-20(26)15(2)24-21(25,3)4)23-18-13-17(27-5)12-16-9-6-10-22-19(16)18/h6,9-10,12-15,23-24H,7-8,11H2,1-5H3/t14?,15-/m1/s1. The SMILES string of the molecule is COc1cc(NC(C)CCCN2C(=O)[C@@H](C)NC2(C)C)c2ncccc2c1. The molecule has 2 heterocycles. The normalized spacial score (nSPS) is 20.1. The fourth-order valence-corrected chi connectivity index (χ4v) is 3.85. The van der Waals surface area contributed by atoms with Gasteiger partial charge in [0.15, 0.2) is 0 Å². The van der Waals surface area contributed by atoms with Gasteiger partial charge in [0.1, 0.15) is 5.75 Å². The van der Waals surface area contributed by atoms with Crippen molar-refractivity contribution >= 4 is 22.5 Å². The zero-order valence-electron chi connectivity index (χ0n) is 16.9. The van der Waals surface area contributed by atoms with Gasteiger partial charge in [0, 0.05) is 30.2 Å². The van der Waals surface area contributed by atoms with Crippen LogP contribution in [-0.4, -0.2) is 47.2 Å². The van der Waals surface area contributed by atoms with Gasteiger partial charge in [0.25, 0.3) is 0 Å². The average Bonchev–Trinajstić information content (AvgIpc) is 2.83. The molecular weight excluding hydrogens is 340 g/mol. The van der Waals surface area contributed by atoms with Crippen LogP contribution in [0.5, 0.6) is 5.75 Å². The van der Waals surface area contributed by atoms with Gasteiger partial charge in [-0.1, -0.05) is 6.07 Å². The number of aromatic nitrogens is 1. The van der Waals surface area contributed by atoms with Crippen LogP contribution >= 0.6 is 0 Å². The molecule has 2 aromatic rings. The van der Waals surface area contributed by atoms with Crippen molar-refractivity contribution in [3.63, 3.8) is 0 Å². The van der Waals surface area contributed by atoms with Crippen LogP contribution in [0, 0.1) is 0 Å². The molecule has 27 heavy (non-hydrogen) atoms. The predicted octanol–water partition coefficient (Wildman–Crippen LogP) is 3.38. The van der Waals surface area contributed by atoms with Crippen LogP contribution in [0.4, 0.5) is 5.69 Å². The maximum atomic E-state index is 12.3. The van der Waals surface area contributed by atoms with Gasteiger partial charge in [-0.3, -0.25) is 15.1 Å². The van der Waals surface area contributed by atoms with E-state index in [1.165, 1.54) is 0 Å². The van der Waals surface area contributed by atoms with E-state index in [0.29, 0.717) is 0 Å². The molecular formula is C21H30N4O2. The predicted molar refractivity (Wildman–Crippen MR) is 109 cm³/mol. The number of nitrogens with one attached hydrogen (secondary N) is 2. The van der Waals surface area contributed by atoms with Crippen molar-refractivity contribution < 1.29 is 9.53 Å². The quantitative estimate of drug-likeness (QED) is 0.782. The van der Waals surface area contributed by atoms with Gasteiger partial charge in [0.05, 0.1) is 30.0 Å². The Morgan fingerprint density at radius 3 is 2.85 bits per heavy atom. The van der Waals surface area contributed by atoms with Crippen molar-refractivity contribution in [3.8, 4) is 5.75 Å². The Balaban J connectivity index is 1.62. The molecule has 1 amide bonds. The summed E-state index contributed by atoms with van der Waals surface area (Å²) in [5, 5.41) is 7.96. The van der Waals surface area contributed by atoms with E-state index in [2.05, 4.69) is 36.4 Å². The Kier molecular flexibility index (Phi) is 5.56. The molecule has 0 radical (unpaired) electrons. The maximum absolute atomic E-state index is 12.3. The van der Waals surface area contributed by atoms with Crippen molar-refractivity contribution in [3.05, 3.63) is 30.5 Å². The third kappa shape index (κ3) is 4.16. The number of nitrogens with zero attached hydrogens (tertiary/aromatic N) is 2. The molecule has 0 spiro atoms. The van der Waals surface area contributed by atoms with Crippen molar-refractivity contribution in [2.45, 2.75) is 58.3 Å². The lowest BCUT2D eigenvalue weighted by Gasteiger charge is -2.31. The van der Waals surface area contributed by atoms with E-state index in [1.807, 2.05) is 36.1 Å². The molecule has 6 nitrogen and oxygen atoms in total. The number of hydrogen-bond acceptors (Lipinski definition) is 5. The summed E-state index contributed by atoms with van der Waals surface area (Å²) in [6.07, 6.45) is 3.70. The number of amides is 1. The topological polar surface area (TPSA) is 66.5 Å². The number of anilines is 1. The molecule has 1 aromatic carbocycles. The van der Waals surface area contributed by atoms with Crippen LogP contribution in [0.1, 0.15) is 40.5 Å². The van der Waals surface area contributed by atoms with Crippen molar-refractivity contribution in [2.75, 3.05) is 19.0 Å². The summed E-state index contributed by atoms with van der Waals surface area (Å²) in [4.78, 5) is 18.8. The second kappa shape index (κ2) is 7.72. The Hall–Kier alpha value is -2.34. The maximum Gasteiger partial charge on any atom is 0.240 e. The summed E-state index contributed by atoms with van der Waals surface area (Å²) in [7, 11) is 1.68. The first-order valence-corrected chi connectivity index (χ1v) is 9.60. The molecule has 2 atom stereocenters. The van der Waals surface area contributed by atoms with Crippen LogP contribution in [0.3, 0.4) is 0 Å². The molecule has 1 saturated heterocycles. The Morgan fingerprint density at radius 2 is 2.19 bits per heavy atom. The number of methoxy groups -OCH3 is 1. The van der Waals surface area contributed by atoms with E-state index in [1.54, 1.807) is 13.3 Å². The molecule has 0 aliphatic carbocycles. The highest BCUT2D eigenvalue weighted by molar-refractivity contribution is 5.92. The summed E-state index contributed by atoms with van der Waals surface area (Å²) in [5.74, 6) is 0.998. The molecule has 1 aliphatic rings. The zero-order valence-corrected chi connectivity index (χ0v) is 16.9. The number of fused-ring (bicyclic) bond motifs is 1. The van der Waals surface area contributed by atoms with Gasteiger partial charge in [-0.2, -0.15) is 0 Å². The Labute approximate surface area is 161 Å². The molecule has 146 valence electrons. The van der Waals surface area contributed by atoms with Crippen molar-refractivity contribution in [2.24, 2.45) is 0 Å². The first kappa shape index (κ1) is 19.4. The van der Waals surface area contributed by atoms with Crippen LogP contribution in [0.25, 0.3) is 10.9 Å². The first-order chi connectivity index (χ1) is 12.8. The van der Waals surface area contributed by atoms with E-state index in [0.717, 1.165) is 41.7 Å². The number of pyridine rings is 1. The smallest absolute Gasteiger partial charge is 0.240 e. The van der Waals surface area contributed by atoms with Crippen LogP contribution < -0.4 is 15.4 Å². The van der Waals surface area contributed by atoms with Gasteiger partial charge in [-0.25, -0.2) is 0 Å². The second-order valence-electron chi connectivity index (χ2n) is 7.85. The van der Waals surface area contributed by atoms with Gasteiger partial charge in [-0.05, 0) is 52.7 Å². The first-order valence-electron chi connectivity index (χ1n) is 9.60. The minimum absolute atomic E-state index is 0.107. The van der Waals surface area contributed by atoms with E-state index in [9.17, 15) is 4.79 Å². The molecule has 1 unspecified atom stereocenters. The second-order valence-corrected chi connectivity index (χ2v) is 7.85. The molecule has 3 rings (SSSR count). The third-order valence-electron chi connectivity index (χ3n) is 5.22.